The topological polar surface area (TPSA) is 24.5 Å². The molecule has 0 spiro atoms. The van der Waals surface area contributed by atoms with E-state index in [9.17, 15) is 0 Å². The predicted molar refractivity (Wildman–Crippen MR) is 45.5 cm³/mol. The number of nitrogens with zero attached hydrogens (tertiary/aromatic N) is 1. The molecule has 11 heavy (non-hydrogen) atoms. The lowest BCUT2D eigenvalue weighted by atomic mass is 10.4. The molecule has 1 aliphatic heterocycles. The summed E-state index contributed by atoms with van der Waals surface area (Å²) < 4.78 is 5.59. The second-order valence-electron chi connectivity index (χ2n) is 2.75. The van der Waals surface area contributed by atoms with Gasteiger partial charge in [0.25, 0.3) is 0 Å². The highest BCUT2D eigenvalue weighted by atomic mass is 16.5. The molecule has 1 saturated heterocycles. The highest BCUT2D eigenvalue weighted by Gasteiger charge is 2.17. The first-order valence-electron chi connectivity index (χ1n) is 4.44. The molecule has 1 heterocycles. The normalized spacial score (nSPS) is 25.9. The lowest BCUT2D eigenvalue weighted by Gasteiger charge is -2.32. The van der Waals surface area contributed by atoms with E-state index in [1.54, 1.807) is 0 Å². The summed E-state index contributed by atoms with van der Waals surface area (Å²) in [5.74, 6) is 0. The summed E-state index contributed by atoms with van der Waals surface area (Å²) in [5, 5.41) is 3.32. The first-order chi connectivity index (χ1) is 5.38. The van der Waals surface area contributed by atoms with E-state index in [0.717, 1.165) is 32.8 Å². The molecule has 1 unspecified atom stereocenters. The van der Waals surface area contributed by atoms with E-state index in [1.165, 1.54) is 0 Å². The monoisotopic (exact) mass is 158 g/mol. The van der Waals surface area contributed by atoms with Gasteiger partial charge < -0.3 is 10.1 Å². The van der Waals surface area contributed by atoms with Crippen LogP contribution in [-0.2, 0) is 4.74 Å². The van der Waals surface area contributed by atoms with Gasteiger partial charge in [-0.25, -0.2) is 0 Å². The molecule has 1 rings (SSSR count). The highest BCUT2D eigenvalue weighted by Crippen LogP contribution is 2.02. The zero-order valence-corrected chi connectivity index (χ0v) is 7.47. The minimum absolute atomic E-state index is 0.304. The maximum absolute atomic E-state index is 5.59. The first-order valence-corrected chi connectivity index (χ1v) is 4.44. The summed E-state index contributed by atoms with van der Waals surface area (Å²) in [6.07, 6.45) is 0.304. The Hall–Kier alpha value is -0.120. The number of ether oxygens (including phenoxy) is 1. The molecule has 1 atom stereocenters. The van der Waals surface area contributed by atoms with Crippen LogP contribution in [0, 0.1) is 0 Å². The zero-order chi connectivity index (χ0) is 8.10. The van der Waals surface area contributed by atoms with Gasteiger partial charge in [0.1, 0.15) is 6.23 Å². The van der Waals surface area contributed by atoms with Crippen LogP contribution < -0.4 is 5.32 Å². The van der Waals surface area contributed by atoms with E-state index in [0.29, 0.717) is 6.23 Å². The van der Waals surface area contributed by atoms with Crippen LogP contribution in [0.15, 0.2) is 0 Å². The summed E-state index contributed by atoms with van der Waals surface area (Å²) >= 11 is 0. The van der Waals surface area contributed by atoms with E-state index in [-0.39, 0.29) is 0 Å². The van der Waals surface area contributed by atoms with Crippen molar-refractivity contribution in [3.63, 3.8) is 0 Å². The fraction of sp³-hybridized carbons (Fsp3) is 1.00. The van der Waals surface area contributed by atoms with Gasteiger partial charge in [-0.2, -0.15) is 0 Å². The Balaban J connectivity index is 2.30. The number of likely N-dealkylation sites (N-methyl/N-ethyl adjacent to an activating group) is 1. The molecule has 0 radical (unpaired) electrons. The van der Waals surface area contributed by atoms with Gasteiger partial charge in [0, 0.05) is 13.1 Å². The molecule has 0 amide bonds. The summed E-state index contributed by atoms with van der Waals surface area (Å²) in [5.41, 5.74) is 0. The molecule has 3 heteroatoms. The third kappa shape index (κ3) is 2.43. The third-order valence-corrected chi connectivity index (χ3v) is 2.13. The van der Waals surface area contributed by atoms with Crippen molar-refractivity contribution in [3.8, 4) is 0 Å². The fourth-order valence-corrected chi connectivity index (χ4v) is 1.42. The molecule has 1 fully saturated rings. The molecule has 0 saturated carbocycles. The van der Waals surface area contributed by atoms with Crippen LogP contribution in [0.25, 0.3) is 0 Å². The van der Waals surface area contributed by atoms with Gasteiger partial charge in [0.15, 0.2) is 0 Å². The largest absolute Gasteiger partial charge is 0.360 e. The number of rotatable bonds is 3. The Kier molecular flexibility index (Phi) is 3.83. The van der Waals surface area contributed by atoms with Crippen LogP contribution >= 0.6 is 0 Å². The van der Waals surface area contributed by atoms with Crippen LogP contribution in [0.4, 0.5) is 0 Å². The summed E-state index contributed by atoms with van der Waals surface area (Å²) in [6.45, 7) is 9.30. The lowest BCUT2D eigenvalue weighted by molar-refractivity contribution is -0.0710. The van der Waals surface area contributed by atoms with Crippen molar-refractivity contribution in [2.45, 2.75) is 20.1 Å². The van der Waals surface area contributed by atoms with Crippen LogP contribution in [-0.4, -0.2) is 43.9 Å². The molecular weight excluding hydrogens is 140 g/mol. The molecular formula is C8H18N2O. The number of morpholine rings is 1. The Labute approximate surface area is 68.7 Å². The maximum atomic E-state index is 5.59. The second kappa shape index (κ2) is 4.70. The van der Waals surface area contributed by atoms with E-state index in [4.69, 9.17) is 4.74 Å². The SMILES string of the molecule is CCN(CC)C1CNCCO1. The van der Waals surface area contributed by atoms with Crippen LogP contribution in [0.5, 0.6) is 0 Å². The minimum Gasteiger partial charge on any atom is -0.360 e. The lowest BCUT2D eigenvalue weighted by Crippen LogP contribution is -2.49. The number of hydrogen-bond donors (Lipinski definition) is 1. The Bertz CT molecular complexity index is 98.3. The molecule has 0 aromatic rings. The quantitative estimate of drug-likeness (QED) is 0.638. The van der Waals surface area contributed by atoms with Gasteiger partial charge in [-0.3, -0.25) is 4.90 Å². The molecule has 0 aliphatic carbocycles. The van der Waals surface area contributed by atoms with E-state index in [1.807, 2.05) is 0 Å². The standard InChI is InChI=1S/C8H18N2O/c1-3-10(4-2)8-7-9-5-6-11-8/h8-9H,3-7H2,1-2H3. The molecule has 3 nitrogen and oxygen atoms in total. The van der Waals surface area contributed by atoms with Crippen molar-refractivity contribution < 1.29 is 4.74 Å². The summed E-state index contributed by atoms with van der Waals surface area (Å²) in [4.78, 5) is 2.33. The molecule has 66 valence electrons. The number of nitrogens with one attached hydrogen (secondary N) is 1. The number of hydrogen-bond acceptors (Lipinski definition) is 3. The van der Waals surface area contributed by atoms with Crippen LogP contribution in [0.2, 0.25) is 0 Å². The fourth-order valence-electron chi connectivity index (χ4n) is 1.42. The van der Waals surface area contributed by atoms with Gasteiger partial charge in [0.05, 0.1) is 6.61 Å². The van der Waals surface area contributed by atoms with Crippen molar-refractivity contribution in [1.29, 1.82) is 0 Å². The molecule has 0 bridgehead atoms. The average molecular weight is 158 g/mol. The van der Waals surface area contributed by atoms with E-state index >= 15 is 0 Å². The highest BCUT2D eigenvalue weighted by molar-refractivity contribution is 4.67. The Morgan fingerprint density at radius 2 is 2.18 bits per heavy atom. The average Bonchev–Trinajstić information content (AvgIpc) is 2.09. The van der Waals surface area contributed by atoms with Gasteiger partial charge in [0.2, 0.25) is 0 Å². The van der Waals surface area contributed by atoms with Crippen molar-refractivity contribution in [3.05, 3.63) is 0 Å². The van der Waals surface area contributed by atoms with Crippen molar-refractivity contribution >= 4 is 0 Å². The zero-order valence-electron chi connectivity index (χ0n) is 7.47. The molecule has 0 aromatic carbocycles. The second-order valence-corrected chi connectivity index (χ2v) is 2.75. The Morgan fingerprint density at radius 3 is 2.64 bits per heavy atom. The van der Waals surface area contributed by atoms with Crippen molar-refractivity contribution in [2.24, 2.45) is 0 Å². The molecule has 0 aromatic heterocycles. The van der Waals surface area contributed by atoms with Crippen molar-refractivity contribution in [2.75, 3.05) is 32.8 Å². The van der Waals surface area contributed by atoms with E-state index in [2.05, 4.69) is 24.1 Å². The Morgan fingerprint density at radius 1 is 1.45 bits per heavy atom. The summed E-state index contributed by atoms with van der Waals surface area (Å²) in [7, 11) is 0. The first kappa shape index (κ1) is 8.97. The van der Waals surface area contributed by atoms with Crippen LogP contribution in [0.1, 0.15) is 13.8 Å². The maximum Gasteiger partial charge on any atom is 0.123 e. The van der Waals surface area contributed by atoms with Crippen molar-refractivity contribution in [1.82, 2.24) is 10.2 Å². The van der Waals surface area contributed by atoms with E-state index < -0.39 is 0 Å². The molecule has 1 aliphatic rings. The third-order valence-electron chi connectivity index (χ3n) is 2.13. The van der Waals surface area contributed by atoms with Crippen LogP contribution in [0.3, 0.4) is 0 Å². The van der Waals surface area contributed by atoms with Gasteiger partial charge in [-0.15, -0.1) is 0 Å². The summed E-state index contributed by atoms with van der Waals surface area (Å²) in [6, 6.07) is 0. The predicted octanol–water partition coefficient (Wildman–Crippen LogP) is 0.274. The molecule has 1 N–H and O–H groups in total. The van der Waals surface area contributed by atoms with Gasteiger partial charge in [-0.1, -0.05) is 13.8 Å². The van der Waals surface area contributed by atoms with Gasteiger partial charge in [-0.05, 0) is 13.1 Å². The minimum atomic E-state index is 0.304. The van der Waals surface area contributed by atoms with Gasteiger partial charge >= 0.3 is 0 Å². The smallest absolute Gasteiger partial charge is 0.123 e.